The zero-order valence-corrected chi connectivity index (χ0v) is 49.6. The largest absolute Gasteiger partial charge is 1.00 e. The fourth-order valence-corrected chi connectivity index (χ4v) is 7.30. The van der Waals surface area contributed by atoms with Crippen molar-refractivity contribution in [3.63, 3.8) is 0 Å². The Morgan fingerprint density at radius 2 is 0.703 bits per heavy atom. The summed E-state index contributed by atoms with van der Waals surface area (Å²) in [5.41, 5.74) is 5.53. The zero-order valence-electron chi connectivity index (χ0n) is 45.6. The fourth-order valence-electron chi connectivity index (χ4n) is 7.30. The van der Waals surface area contributed by atoms with E-state index in [0.717, 1.165) is 46.2 Å². The topological polar surface area (TPSA) is 215 Å². The van der Waals surface area contributed by atoms with Crippen LogP contribution >= 0.6 is 0 Å². The van der Waals surface area contributed by atoms with E-state index in [4.69, 9.17) is 9.47 Å². The number of carboxylic acid groups (broad SMARTS) is 2. The van der Waals surface area contributed by atoms with Gasteiger partial charge in [0.15, 0.2) is 0 Å². The number of aliphatic carboxylic acids is 2. The molecule has 0 aromatic heterocycles. The van der Waals surface area contributed by atoms with E-state index < -0.39 is 47.9 Å². The third kappa shape index (κ3) is 28.0. The maximum atomic E-state index is 13.1. The van der Waals surface area contributed by atoms with Gasteiger partial charge in [0.1, 0.15) is 12.1 Å². The van der Waals surface area contributed by atoms with Crippen LogP contribution in [0.3, 0.4) is 0 Å². The first-order chi connectivity index (χ1) is 34.3. The SMILES string of the molecule is CC(C)CCOCCC(=O)N[C@@H](Cc1ccccc1)C(=O)N[C@@H](Cc1ccc(C(C)C)cc1)C(=O)[O-].CC(C)CCOCCC(=O)N[C@@H](Cc1ccccc1)C(=O)N[C@H](Cc1ccc(C(C)C)cc1)C(=O)[O-].[Na+].[Na+]. The second-order valence-electron chi connectivity index (χ2n) is 19.7. The molecule has 16 heteroatoms. The van der Waals surface area contributed by atoms with E-state index in [1.807, 2.05) is 109 Å². The number of hydrogen-bond acceptors (Lipinski definition) is 10. The Labute approximate surface area is 484 Å². The molecule has 4 rings (SSSR count). The molecule has 392 valence electrons. The third-order valence-corrected chi connectivity index (χ3v) is 11.9. The molecule has 0 saturated carbocycles. The molecule has 0 spiro atoms. The summed E-state index contributed by atoms with van der Waals surface area (Å²) < 4.78 is 11.0. The molecule has 4 aromatic carbocycles. The standard InChI is InChI=1S/2C29H40N2O5.2Na/c2*1-20(2)14-16-36-17-15-27(32)30-25(18-22-8-6-5-7-9-22)28(33)31-26(29(34)35)19-23-10-12-24(13-11-23)21(3)4;;/h2*5-13,20-21,25-26H,14-19H2,1-4H3,(H,30,32)(H,31,33)(H,34,35);;/q;;2*+1/p-2/t25-,26+;25-,26-;;/m00../s1. The third-order valence-electron chi connectivity index (χ3n) is 11.9. The quantitative estimate of drug-likeness (QED) is 0.0390. The number of benzene rings is 4. The summed E-state index contributed by atoms with van der Waals surface area (Å²) in [6.45, 7) is 18.4. The van der Waals surface area contributed by atoms with Gasteiger partial charge in [-0.1, -0.05) is 165 Å². The van der Waals surface area contributed by atoms with Gasteiger partial charge >= 0.3 is 59.1 Å². The monoisotopic (exact) mass is 1040 g/mol. The van der Waals surface area contributed by atoms with E-state index in [1.54, 1.807) is 0 Å². The van der Waals surface area contributed by atoms with E-state index in [2.05, 4.69) is 76.7 Å². The van der Waals surface area contributed by atoms with Crippen molar-refractivity contribution < 1.29 is 108 Å². The number of ether oxygens (including phenoxy) is 2. The van der Waals surface area contributed by atoms with Crippen molar-refractivity contribution in [1.82, 2.24) is 21.3 Å². The molecule has 4 atom stereocenters. The summed E-state index contributed by atoms with van der Waals surface area (Å²) in [4.78, 5) is 75.0. The molecule has 0 bridgehead atoms. The van der Waals surface area contributed by atoms with Crippen molar-refractivity contribution in [2.45, 2.75) is 143 Å². The Hall–Kier alpha value is -4.38. The van der Waals surface area contributed by atoms with Crippen molar-refractivity contribution in [3.8, 4) is 0 Å². The molecule has 0 saturated heterocycles. The molecular formula is C58H78N4Na2O10. The molecule has 0 fully saturated rings. The van der Waals surface area contributed by atoms with E-state index in [0.29, 0.717) is 36.9 Å². The van der Waals surface area contributed by atoms with Gasteiger partial charge in [-0.15, -0.1) is 0 Å². The van der Waals surface area contributed by atoms with Gasteiger partial charge in [-0.25, -0.2) is 0 Å². The molecule has 14 nitrogen and oxygen atoms in total. The van der Waals surface area contributed by atoms with Crippen LogP contribution in [0.15, 0.2) is 109 Å². The summed E-state index contributed by atoms with van der Waals surface area (Å²) >= 11 is 0. The molecule has 0 aliphatic heterocycles. The molecular weight excluding hydrogens is 959 g/mol. The molecule has 74 heavy (non-hydrogen) atoms. The van der Waals surface area contributed by atoms with Gasteiger partial charge in [0.25, 0.3) is 0 Å². The van der Waals surface area contributed by atoms with Crippen molar-refractivity contribution in [2.75, 3.05) is 26.4 Å². The van der Waals surface area contributed by atoms with Crippen LogP contribution in [0.5, 0.6) is 0 Å². The van der Waals surface area contributed by atoms with Gasteiger partial charge in [-0.3, -0.25) is 19.2 Å². The predicted molar refractivity (Wildman–Crippen MR) is 276 cm³/mol. The van der Waals surface area contributed by atoms with Crippen LogP contribution in [0.2, 0.25) is 0 Å². The summed E-state index contributed by atoms with van der Waals surface area (Å²) in [6, 6.07) is 29.5. The van der Waals surface area contributed by atoms with E-state index in [-0.39, 0.29) is 123 Å². The summed E-state index contributed by atoms with van der Waals surface area (Å²) in [7, 11) is 0. The molecule has 0 aliphatic rings. The van der Waals surface area contributed by atoms with Crippen LogP contribution in [-0.2, 0) is 63.9 Å². The fraction of sp³-hybridized carbons (Fsp3) is 0.483. The van der Waals surface area contributed by atoms with Crippen molar-refractivity contribution in [2.24, 2.45) is 11.8 Å². The number of carbonyl (C=O) groups excluding carboxylic acids is 6. The van der Waals surface area contributed by atoms with Crippen molar-refractivity contribution in [3.05, 3.63) is 143 Å². The van der Waals surface area contributed by atoms with Gasteiger partial charge in [-0.05, 0) is 82.7 Å². The Morgan fingerprint density at radius 1 is 0.405 bits per heavy atom. The number of carboxylic acids is 2. The second kappa shape index (κ2) is 37.4. The van der Waals surface area contributed by atoms with E-state index in [1.165, 1.54) is 0 Å². The normalized spacial score (nSPS) is 12.5. The van der Waals surface area contributed by atoms with Crippen LogP contribution in [0.1, 0.15) is 126 Å². The molecule has 0 radical (unpaired) electrons. The average molecular weight is 1040 g/mol. The summed E-state index contributed by atoms with van der Waals surface area (Å²) in [6.07, 6.45) is 2.68. The van der Waals surface area contributed by atoms with Crippen LogP contribution in [0, 0.1) is 11.8 Å². The van der Waals surface area contributed by atoms with Crippen LogP contribution in [0.4, 0.5) is 0 Å². The molecule has 0 aliphatic carbocycles. The maximum Gasteiger partial charge on any atom is 1.00 e. The zero-order chi connectivity index (χ0) is 53.0. The van der Waals surface area contributed by atoms with Gasteiger partial charge < -0.3 is 50.5 Å². The van der Waals surface area contributed by atoms with Crippen molar-refractivity contribution in [1.29, 1.82) is 0 Å². The first-order valence-corrected chi connectivity index (χ1v) is 25.3. The van der Waals surface area contributed by atoms with E-state index in [9.17, 15) is 39.0 Å². The molecule has 4 N–H and O–H groups in total. The first-order valence-electron chi connectivity index (χ1n) is 25.3. The average Bonchev–Trinajstić information content (AvgIpc) is 3.33. The second-order valence-corrected chi connectivity index (χ2v) is 19.7. The van der Waals surface area contributed by atoms with E-state index >= 15 is 0 Å². The van der Waals surface area contributed by atoms with Crippen LogP contribution in [-0.4, -0.2) is 86.2 Å². The van der Waals surface area contributed by atoms with Crippen LogP contribution < -0.4 is 90.6 Å². The summed E-state index contributed by atoms with van der Waals surface area (Å²) in [5, 5.41) is 34.3. The Balaban J connectivity index is 0.000000721. The number of rotatable bonds is 30. The number of hydrogen-bond donors (Lipinski definition) is 4. The number of carbonyl (C=O) groups is 6. The van der Waals surface area contributed by atoms with Gasteiger partial charge in [0, 0.05) is 38.9 Å². The molecule has 0 heterocycles. The minimum atomic E-state index is -1.38. The Bertz CT molecular complexity index is 2090. The van der Waals surface area contributed by atoms with Crippen molar-refractivity contribution >= 4 is 35.6 Å². The predicted octanol–water partition coefficient (Wildman–Crippen LogP) is -0.457. The number of nitrogens with one attached hydrogen (secondary N) is 4. The number of amides is 4. The Kier molecular flexibility index (Phi) is 34.2. The maximum absolute atomic E-state index is 13.1. The molecule has 4 aromatic rings. The van der Waals surface area contributed by atoms with Crippen LogP contribution in [0.25, 0.3) is 0 Å². The molecule has 4 amide bonds. The van der Waals surface area contributed by atoms with Gasteiger partial charge in [0.05, 0.1) is 37.2 Å². The molecule has 0 unspecified atom stereocenters. The Morgan fingerprint density at radius 3 is 0.986 bits per heavy atom. The minimum absolute atomic E-state index is 0. The minimum Gasteiger partial charge on any atom is -0.548 e. The van der Waals surface area contributed by atoms with Gasteiger partial charge in [0.2, 0.25) is 23.6 Å². The van der Waals surface area contributed by atoms with Gasteiger partial charge in [-0.2, -0.15) is 0 Å². The smallest absolute Gasteiger partial charge is 0.548 e. The first kappa shape index (κ1) is 67.6. The summed E-state index contributed by atoms with van der Waals surface area (Å²) in [5.74, 6) is -2.79.